The number of aliphatic hydroxyl groups is 1. The number of rotatable bonds is 3. The SMILES string of the molecule is CC(=O)[C@@H]1C[C@@]2(C)C(CC[C@]3(C)[C@@H]2CC=C2[C@@H]4[C@@H](C)[C@H](C)CC[C@]4(C(=O)O)CC[C@]23C)C(C)(C=O)[C@H]1O. The first-order valence-electron chi connectivity index (χ1n) is 14.7. The zero-order chi connectivity index (χ0) is 27.3. The molecule has 5 aliphatic rings. The summed E-state index contributed by atoms with van der Waals surface area (Å²) in [6, 6.07) is 0. The number of carboxylic acids is 1. The Hall–Kier alpha value is -1.49. The number of allylic oxidation sites excluding steroid dienone is 2. The Kier molecular flexibility index (Phi) is 6.05. The molecule has 206 valence electrons. The zero-order valence-corrected chi connectivity index (χ0v) is 24.0. The van der Waals surface area contributed by atoms with Crippen LogP contribution in [0.2, 0.25) is 0 Å². The summed E-state index contributed by atoms with van der Waals surface area (Å²) in [5.41, 5.74) is -0.631. The van der Waals surface area contributed by atoms with Gasteiger partial charge in [-0.3, -0.25) is 9.59 Å². The molecule has 37 heavy (non-hydrogen) atoms. The number of Topliss-reactive ketones (excluding diaryl/α,β-unsaturated/α-hetero) is 1. The van der Waals surface area contributed by atoms with Gasteiger partial charge in [-0.15, -0.1) is 0 Å². The highest BCUT2D eigenvalue weighted by atomic mass is 16.4. The number of carboxylic acid groups (broad SMARTS) is 1. The molecule has 5 heteroatoms. The van der Waals surface area contributed by atoms with Gasteiger partial charge >= 0.3 is 5.97 Å². The maximum atomic E-state index is 12.9. The third-order valence-electron chi connectivity index (χ3n) is 13.9. The third-order valence-corrected chi connectivity index (χ3v) is 13.9. The fraction of sp³-hybridized carbons (Fsp3) is 0.844. The highest BCUT2D eigenvalue weighted by Crippen LogP contribution is 2.76. The van der Waals surface area contributed by atoms with Crippen molar-refractivity contribution in [2.45, 2.75) is 106 Å². The van der Waals surface area contributed by atoms with Gasteiger partial charge in [0.15, 0.2) is 0 Å². The van der Waals surface area contributed by atoms with Gasteiger partial charge in [0.05, 0.1) is 16.9 Å². The molecule has 0 saturated heterocycles. The van der Waals surface area contributed by atoms with Crippen molar-refractivity contribution >= 4 is 18.0 Å². The van der Waals surface area contributed by atoms with Crippen molar-refractivity contribution in [1.82, 2.24) is 0 Å². The summed E-state index contributed by atoms with van der Waals surface area (Å²) in [6.45, 7) is 15.1. The Morgan fingerprint density at radius 3 is 2.27 bits per heavy atom. The van der Waals surface area contributed by atoms with Crippen LogP contribution in [0.15, 0.2) is 11.6 Å². The zero-order valence-electron chi connectivity index (χ0n) is 24.0. The Labute approximate surface area is 222 Å². The number of hydrogen-bond donors (Lipinski definition) is 2. The maximum Gasteiger partial charge on any atom is 0.310 e. The molecular weight excluding hydrogens is 464 g/mol. The first-order valence-corrected chi connectivity index (χ1v) is 14.7. The minimum atomic E-state index is -0.939. The molecule has 5 rings (SSSR count). The fourth-order valence-electron chi connectivity index (χ4n) is 11.3. The molecule has 0 bridgehead atoms. The largest absolute Gasteiger partial charge is 0.481 e. The van der Waals surface area contributed by atoms with E-state index in [1.165, 1.54) is 5.57 Å². The number of aliphatic hydroxyl groups excluding tert-OH is 1. The van der Waals surface area contributed by atoms with Gasteiger partial charge in [0.25, 0.3) is 0 Å². The first-order chi connectivity index (χ1) is 17.1. The number of carbonyl (C=O) groups excluding carboxylic acids is 2. The Bertz CT molecular complexity index is 1050. The van der Waals surface area contributed by atoms with Gasteiger partial charge < -0.3 is 15.0 Å². The minimum Gasteiger partial charge on any atom is -0.481 e. The molecule has 5 nitrogen and oxygen atoms in total. The van der Waals surface area contributed by atoms with Crippen molar-refractivity contribution < 1.29 is 24.6 Å². The summed E-state index contributed by atoms with van der Waals surface area (Å²) in [4.78, 5) is 38.2. The van der Waals surface area contributed by atoms with Gasteiger partial charge in [0, 0.05) is 5.92 Å². The third kappa shape index (κ3) is 3.16. The van der Waals surface area contributed by atoms with Gasteiger partial charge in [-0.25, -0.2) is 0 Å². The average molecular weight is 513 g/mol. The van der Waals surface area contributed by atoms with Crippen LogP contribution in [0.3, 0.4) is 0 Å². The highest BCUT2D eigenvalue weighted by molar-refractivity contribution is 5.80. The molecule has 2 N–H and O–H groups in total. The van der Waals surface area contributed by atoms with E-state index in [9.17, 15) is 24.6 Å². The fourth-order valence-corrected chi connectivity index (χ4v) is 11.3. The van der Waals surface area contributed by atoms with Gasteiger partial charge in [-0.1, -0.05) is 53.2 Å². The van der Waals surface area contributed by atoms with Gasteiger partial charge in [0.2, 0.25) is 0 Å². The van der Waals surface area contributed by atoms with Gasteiger partial charge in [0.1, 0.15) is 12.1 Å². The van der Waals surface area contributed by atoms with Crippen molar-refractivity contribution in [1.29, 1.82) is 0 Å². The summed E-state index contributed by atoms with van der Waals surface area (Å²) >= 11 is 0. The molecule has 12 atom stereocenters. The molecule has 0 heterocycles. The van der Waals surface area contributed by atoms with Gasteiger partial charge in [-0.2, -0.15) is 0 Å². The second-order valence-corrected chi connectivity index (χ2v) is 15.0. The Balaban J connectivity index is 1.64. The Morgan fingerprint density at radius 1 is 1.00 bits per heavy atom. The van der Waals surface area contributed by atoms with E-state index < -0.39 is 28.8 Å². The Morgan fingerprint density at radius 2 is 1.68 bits per heavy atom. The number of ketones is 1. The molecule has 2 unspecified atom stereocenters. The van der Waals surface area contributed by atoms with Crippen LogP contribution in [0.4, 0.5) is 0 Å². The monoisotopic (exact) mass is 512 g/mol. The summed E-state index contributed by atoms with van der Waals surface area (Å²) in [5, 5.41) is 21.8. The summed E-state index contributed by atoms with van der Waals surface area (Å²) in [5.74, 6) is 0.0208. The molecule has 4 fully saturated rings. The van der Waals surface area contributed by atoms with E-state index >= 15 is 0 Å². The van der Waals surface area contributed by atoms with E-state index in [0.717, 1.165) is 51.2 Å². The van der Waals surface area contributed by atoms with Crippen LogP contribution in [-0.2, 0) is 14.4 Å². The van der Waals surface area contributed by atoms with E-state index in [1.807, 2.05) is 6.92 Å². The first kappa shape index (κ1) is 27.1. The lowest BCUT2D eigenvalue weighted by Gasteiger charge is -2.71. The predicted molar refractivity (Wildman–Crippen MR) is 143 cm³/mol. The highest BCUT2D eigenvalue weighted by Gasteiger charge is 2.71. The van der Waals surface area contributed by atoms with Crippen LogP contribution in [0.5, 0.6) is 0 Å². The standard InChI is InChI=1S/C32H48O5/c1-18-10-13-32(27(36)37)15-14-30(6)22(25(32)19(18)2)8-9-24-28(4)16-21(20(3)34)26(35)29(5,17-33)23(28)11-12-31(24,30)7/h8,17-19,21,23-26,35H,9-16H2,1-7H3,(H,36,37)/t18-,19+,21+,23?,24-,25+,26+,28+,29?,30-,31-,32+/m1/s1. The smallest absolute Gasteiger partial charge is 0.310 e. The predicted octanol–water partition coefficient (Wildman–Crippen LogP) is 6.08. The number of aldehydes is 1. The van der Waals surface area contributed by atoms with Crippen LogP contribution >= 0.6 is 0 Å². The molecule has 0 radical (unpaired) electrons. The number of carbonyl (C=O) groups is 3. The minimum absolute atomic E-state index is 0.0232. The van der Waals surface area contributed by atoms with E-state index in [-0.39, 0.29) is 39.8 Å². The van der Waals surface area contributed by atoms with Gasteiger partial charge in [-0.05, 0) is 104 Å². The topological polar surface area (TPSA) is 91.7 Å². The van der Waals surface area contributed by atoms with Crippen LogP contribution in [0, 0.1) is 62.6 Å². The molecule has 4 saturated carbocycles. The summed E-state index contributed by atoms with van der Waals surface area (Å²) in [7, 11) is 0. The van der Waals surface area contributed by atoms with Crippen molar-refractivity contribution in [2.75, 3.05) is 0 Å². The van der Waals surface area contributed by atoms with Crippen molar-refractivity contribution in [2.24, 2.45) is 62.6 Å². The quantitative estimate of drug-likeness (QED) is 0.353. The molecular formula is C32H48O5. The second kappa shape index (κ2) is 8.26. The van der Waals surface area contributed by atoms with E-state index in [0.29, 0.717) is 18.3 Å². The maximum absolute atomic E-state index is 12.9. The number of hydrogen-bond acceptors (Lipinski definition) is 4. The normalized spacial score (nSPS) is 55.0. The lowest BCUT2D eigenvalue weighted by atomic mass is 9.32. The number of aliphatic carboxylic acids is 1. The molecule has 0 aromatic heterocycles. The van der Waals surface area contributed by atoms with Crippen LogP contribution in [0.25, 0.3) is 0 Å². The second-order valence-electron chi connectivity index (χ2n) is 15.0. The molecule has 0 aliphatic heterocycles. The molecule has 0 amide bonds. The van der Waals surface area contributed by atoms with Crippen LogP contribution < -0.4 is 0 Å². The van der Waals surface area contributed by atoms with Crippen LogP contribution in [0.1, 0.15) is 99.8 Å². The lowest BCUT2D eigenvalue weighted by Crippen LogP contribution is -2.67. The van der Waals surface area contributed by atoms with Crippen LogP contribution in [-0.4, -0.2) is 34.4 Å². The lowest BCUT2D eigenvalue weighted by molar-refractivity contribution is -0.217. The summed E-state index contributed by atoms with van der Waals surface area (Å²) < 4.78 is 0. The van der Waals surface area contributed by atoms with E-state index in [1.54, 1.807) is 6.92 Å². The molecule has 0 aromatic carbocycles. The average Bonchev–Trinajstić information content (AvgIpc) is 2.83. The van der Waals surface area contributed by atoms with Crippen molar-refractivity contribution in [3.8, 4) is 0 Å². The number of fused-ring (bicyclic) bond motifs is 7. The molecule has 5 aliphatic carbocycles. The molecule has 0 spiro atoms. The molecule has 0 aromatic rings. The summed E-state index contributed by atoms with van der Waals surface area (Å²) in [6.07, 6.45) is 9.05. The van der Waals surface area contributed by atoms with E-state index in [2.05, 4.69) is 40.7 Å². The van der Waals surface area contributed by atoms with Crippen molar-refractivity contribution in [3.63, 3.8) is 0 Å². The van der Waals surface area contributed by atoms with E-state index in [4.69, 9.17) is 0 Å². The van der Waals surface area contributed by atoms with Crippen molar-refractivity contribution in [3.05, 3.63) is 11.6 Å².